The Morgan fingerprint density at radius 2 is 1.55 bits per heavy atom. The average Bonchev–Trinajstić information content (AvgIpc) is 3.43. The van der Waals surface area contributed by atoms with Crippen LogP contribution in [-0.2, 0) is 47.6 Å². The number of ether oxygens (including phenoxy) is 6. The van der Waals surface area contributed by atoms with E-state index in [0.717, 1.165) is 62.0 Å². The monoisotopic (exact) mass is 822 g/mol. The molecule has 7 rings (SSSR count). The summed E-state index contributed by atoms with van der Waals surface area (Å²) < 4.78 is 35.6. The predicted molar refractivity (Wildman–Crippen MR) is 210 cm³/mol. The highest BCUT2D eigenvalue weighted by atomic mass is 33.1. The number of epoxide rings is 1. The molecule has 0 aromatic rings. The SMILES string of the molecule is CC(C)[C@]12O[C@H]1O[C@]1(C)[C@@]3(C)CCC4=C(COC4=O)[C@@H]3CC[C@@]1(O)[C@@H]2OC(=O)CCCC(=O)OCCN1CCN(CCOC(=O)CCCCC2CCSS2)CC1. The molecule has 56 heavy (non-hydrogen) atoms. The van der Waals surface area contributed by atoms with Gasteiger partial charge in [0, 0.05) is 80.5 Å². The van der Waals surface area contributed by atoms with Gasteiger partial charge in [-0.3, -0.25) is 24.2 Å². The summed E-state index contributed by atoms with van der Waals surface area (Å²) >= 11 is 0. The van der Waals surface area contributed by atoms with Crippen LogP contribution in [0.3, 0.4) is 0 Å². The summed E-state index contributed by atoms with van der Waals surface area (Å²) in [4.78, 5) is 55.2. The van der Waals surface area contributed by atoms with Gasteiger partial charge in [0.1, 0.15) is 31.0 Å². The van der Waals surface area contributed by atoms with Gasteiger partial charge in [-0.1, -0.05) is 48.8 Å². The molecular formula is C41H62N2O11S2. The van der Waals surface area contributed by atoms with E-state index in [1.807, 2.05) is 42.4 Å². The summed E-state index contributed by atoms with van der Waals surface area (Å²) in [5, 5.41) is 13.5. The first kappa shape index (κ1) is 42.3. The molecule has 1 saturated carbocycles. The molecule has 7 aliphatic rings. The number of unbranched alkanes of at least 4 members (excludes halogenated alkanes) is 1. The topological polar surface area (TPSA) is 154 Å². The van der Waals surface area contributed by atoms with E-state index in [1.165, 1.54) is 18.6 Å². The first-order valence-electron chi connectivity index (χ1n) is 21.0. The number of fused-ring (bicyclic) bond motifs is 5. The number of hydrogen-bond donors (Lipinski definition) is 1. The van der Waals surface area contributed by atoms with Crippen molar-refractivity contribution in [2.75, 3.05) is 64.8 Å². The minimum atomic E-state index is -1.53. The van der Waals surface area contributed by atoms with Crippen molar-refractivity contribution in [1.82, 2.24) is 9.80 Å². The number of carbonyl (C=O) groups is 4. The normalized spacial score (nSPS) is 36.6. The summed E-state index contributed by atoms with van der Waals surface area (Å²) in [5.74, 6) is -0.0581. The van der Waals surface area contributed by atoms with Gasteiger partial charge in [0.05, 0.1) is 0 Å². The lowest BCUT2D eigenvalue weighted by molar-refractivity contribution is -0.329. The molecule has 0 amide bonds. The summed E-state index contributed by atoms with van der Waals surface area (Å²) in [6.45, 7) is 13.8. The smallest absolute Gasteiger partial charge is 0.334 e. The first-order valence-corrected chi connectivity index (χ1v) is 23.4. The van der Waals surface area contributed by atoms with Crippen LogP contribution < -0.4 is 0 Å². The highest BCUT2D eigenvalue weighted by Gasteiger charge is 2.83. The van der Waals surface area contributed by atoms with Gasteiger partial charge in [-0.2, -0.15) is 0 Å². The maximum Gasteiger partial charge on any atom is 0.334 e. The van der Waals surface area contributed by atoms with Crippen LogP contribution in [0.4, 0.5) is 0 Å². The standard InChI is InChI=1S/C41H62N2O11S2/c1-27(2)41-36(40(48)16-13-31-30-26-51-35(47)29(30)12-15-38(31,3)39(40,4)53-37(41)54-41)52-34(46)11-7-10-33(45)50-24-22-43-19-17-42(18-20-43)21-23-49-32(44)9-6-5-8-28-14-25-55-56-28/h27-28,31,36-37,48H,5-26H2,1-4H3/t28?,31-,36-,37+,38-,39+,40+,41+/m0/s1. The number of rotatable bonds is 17. The van der Waals surface area contributed by atoms with Crippen LogP contribution in [0, 0.1) is 17.3 Å². The molecular weight excluding hydrogens is 761 g/mol. The fourth-order valence-corrected chi connectivity index (χ4v) is 13.4. The van der Waals surface area contributed by atoms with Gasteiger partial charge in [-0.05, 0) is 75.7 Å². The quantitative estimate of drug-likeness (QED) is 0.0701. The van der Waals surface area contributed by atoms with Gasteiger partial charge < -0.3 is 33.5 Å². The Bertz CT molecular complexity index is 1520. The van der Waals surface area contributed by atoms with Crippen molar-refractivity contribution in [2.45, 2.75) is 139 Å². The maximum atomic E-state index is 13.5. The second-order valence-electron chi connectivity index (χ2n) is 17.5. The van der Waals surface area contributed by atoms with E-state index < -0.39 is 40.6 Å². The van der Waals surface area contributed by atoms with Crippen LogP contribution in [0.15, 0.2) is 11.1 Å². The molecule has 5 aliphatic heterocycles. The molecule has 1 unspecified atom stereocenters. The van der Waals surface area contributed by atoms with Crippen molar-refractivity contribution < 1.29 is 52.7 Å². The zero-order chi connectivity index (χ0) is 39.7. The minimum Gasteiger partial charge on any atom is -0.464 e. The number of carbonyl (C=O) groups excluding carboxylic acids is 4. The average molecular weight is 823 g/mol. The molecule has 5 heterocycles. The molecule has 0 aromatic heterocycles. The van der Waals surface area contributed by atoms with Gasteiger partial charge in [0.25, 0.3) is 0 Å². The van der Waals surface area contributed by atoms with E-state index in [-0.39, 0.29) is 62.2 Å². The van der Waals surface area contributed by atoms with Crippen molar-refractivity contribution in [2.24, 2.45) is 17.3 Å². The van der Waals surface area contributed by atoms with Crippen LogP contribution in [0.1, 0.15) is 105 Å². The van der Waals surface area contributed by atoms with Gasteiger partial charge >= 0.3 is 23.9 Å². The van der Waals surface area contributed by atoms with E-state index in [9.17, 15) is 24.3 Å². The number of hydrogen-bond acceptors (Lipinski definition) is 15. The van der Waals surface area contributed by atoms with Crippen LogP contribution in [-0.4, -0.2) is 138 Å². The fourth-order valence-electron chi connectivity index (χ4n) is 10.4. The second-order valence-corrected chi connectivity index (χ2v) is 20.3. The van der Waals surface area contributed by atoms with E-state index >= 15 is 0 Å². The Kier molecular flexibility index (Phi) is 13.1. The molecule has 15 heteroatoms. The third-order valence-electron chi connectivity index (χ3n) is 14.2. The molecule has 0 aromatic carbocycles. The van der Waals surface area contributed by atoms with E-state index in [0.29, 0.717) is 45.3 Å². The van der Waals surface area contributed by atoms with Crippen molar-refractivity contribution in [3.63, 3.8) is 0 Å². The molecule has 0 spiro atoms. The van der Waals surface area contributed by atoms with Crippen LogP contribution in [0.2, 0.25) is 0 Å². The van der Waals surface area contributed by atoms with Gasteiger partial charge in [0.2, 0.25) is 0 Å². The molecule has 1 N–H and O–H groups in total. The van der Waals surface area contributed by atoms with Crippen molar-refractivity contribution in [3.05, 3.63) is 11.1 Å². The summed E-state index contributed by atoms with van der Waals surface area (Å²) in [6.07, 6.45) is 5.81. The highest BCUT2D eigenvalue weighted by molar-refractivity contribution is 8.77. The van der Waals surface area contributed by atoms with Crippen LogP contribution in [0.25, 0.3) is 0 Å². The Morgan fingerprint density at radius 1 is 0.893 bits per heavy atom. The lowest BCUT2D eigenvalue weighted by Gasteiger charge is -2.65. The molecule has 8 atom stereocenters. The second kappa shape index (κ2) is 17.4. The number of esters is 4. The molecule has 4 saturated heterocycles. The molecule has 314 valence electrons. The fraction of sp³-hybridized carbons (Fsp3) is 0.854. The predicted octanol–water partition coefficient (Wildman–Crippen LogP) is 4.82. The summed E-state index contributed by atoms with van der Waals surface area (Å²) in [6, 6.07) is 0. The number of aliphatic hydroxyl groups is 1. The van der Waals surface area contributed by atoms with E-state index in [2.05, 4.69) is 16.7 Å². The molecule has 5 fully saturated rings. The Hall–Kier alpha value is -1.88. The lowest BCUT2D eigenvalue weighted by Crippen LogP contribution is -2.78. The molecule has 2 aliphatic carbocycles. The summed E-state index contributed by atoms with van der Waals surface area (Å²) in [7, 11) is 3.94. The Balaban J connectivity index is 0.801. The van der Waals surface area contributed by atoms with E-state index in [1.54, 1.807) is 0 Å². The van der Waals surface area contributed by atoms with Crippen molar-refractivity contribution in [1.29, 1.82) is 0 Å². The zero-order valence-corrected chi connectivity index (χ0v) is 35.3. The maximum absolute atomic E-state index is 13.5. The van der Waals surface area contributed by atoms with Crippen LogP contribution in [0.5, 0.6) is 0 Å². The third kappa shape index (κ3) is 8.17. The number of nitrogens with zero attached hydrogens (tertiary/aromatic N) is 2. The Labute approximate surface area is 339 Å². The summed E-state index contributed by atoms with van der Waals surface area (Å²) in [5.41, 5.74) is -2.39. The van der Waals surface area contributed by atoms with Gasteiger partial charge in [0.15, 0.2) is 18.0 Å². The first-order chi connectivity index (χ1) is 26.8. The Morgan fingerprint density at radius 3 is 2.20 bits per heavy atom. The van der Waals surface area contributed by atoms with Crippen LogP contribution >= 0.6 is 21.6 Å². The molecule has 13 nitrogen and oxygen atoms in total. The number of cyclic esters (lactones) is 1. The van der Waals surface area contributed by atoms with E-state index in [4.69, 9.17) is 28.4 Å². The highest BCUT2D eigenvalue weighted by Crippen LogP contribution is 2.70. The minimum absolute atomic E-state index is 0.00389. The largest absolute Gasteiger partial charge is 0.464 e. The molecule has 0 bridgehead atoms. The van der Waals surface area contributed by atoms with Crippen molar-refractivity contribution >= 4 is 45.5 Å². The third-order valence-corrected chi connectivity index (χ3v) is 17.2. The lowest BCUT2D eigenvalue weighted by atomic mass is 9.46. The molecule has 0 radical (unpaired) electrons. The van der Waals surface area contributed by atoms with Gasteiger partial charge in [-0.15, -0.1) is 0 Å². The van der Waals surface area contributed by atoms with Gasteiger partial charge in [-0.25, -0.2) is 4.79 Å². The zero-order valence-electron chi connectivity index (χ0n) is 33.7. The number of piperazine rings is 1. The van der Waals surface area contributed by atoms with Crippen molar-refractivity contribution in [3.8, 4) is 0 Å².